The Kier molecular flexibility index (Phi) is 4.04. The number of likely N-dealkylation sites (tertiary alicyclic amines) is 1. The first-order valence-electron chi connectivity index (χ1n) is 8.55. The quantitative estimate of drug-likeness (QED) is 0.857. The minimum atomic E-state index is -0.306. The Morgan fingerprint density at radius 2 is 2.08 bits per heavy atom. The van der Waals surface area contributed by atoms with E-state index in [-0.39, 0.29) is 11.3 Å². The highest BCUT2D eigenvalue weighted by Crippen LogP contribution is 2.50. The summed E-state index contributed by atoms with van der Waals surface area (Å²) in [4.78, 5) is 19.2. The van der Waals surface area contributed by atoms with Gasteiger partial charge in [-0.05, 0) is 49.3 Å². The van der Waals surface area contributed by atoms with Crippen LogP contribution in [0.2, 0.25) is 5.02 Å². The molecule has 6 heteroatoms. The summed E-state index contributed by atoms with van der Waals surface area (Å²) in [6.45, 7) is 2.51. The topological polar surface area (TPSA) is 51.0 Å². The molecule has 1 saturated heterocycles. The molecule has 5 nitrogen and oxygen atoms in total. The molecule has 1 amide bonds. The average Bonchev–Trinajstić information content (AvgIpc) is 3.26. The van der Waals surface area contributed by atoms with E-state index < -0.39 is 0 Å². The summed E-state index contributed by atoms with van der Waals surface area (Å²) in [6.07, 6.45) is 7.39. The second kappa shape index (κ2) is 6.20. The van der Waals surface area contributed by atoms with Crippen molar-refractivity contribution in [2.75, 3.05) is 13.1 Å². The third-order valence-electron chi connectivity index (χ3n) is 5.27. The van der Waals surface area contributed by atoms with Crippen molar-refractivity contribution < 1.29 is 4.79 Å². The van der Waals surface area contributed by atoms with Crippen molar-refractivity contribution >= 4 is 17.5 Å². The molecule has 0 radical (unpaired) electrons. The largest absolute Gasteiger partial charge is 0.342 e. The molecule has 4 rings (SSSR count). The van der Waals surface area contributed by atoms with Crippen LogP contribution in [0, 0.1) is 5.92 Å². The van der Waals surface area contributed by atoms with E-state index in [1.165, 1.54) is 0 Å². The van der Waals surface area contributed by atoms with E-state index >= 15 is 0 Å². The van der Waals surface area contributed by atoms with Gasteiger partial charge in [-0.15, -0.1) is 0 Å². The van der Waals surface area contributed by atoms with Gasteiger partial charge in [0.05, 0.1) is 5.41 Å². The summed E-state index contributed by atoms with van der Waals surface area (Å²) >= 11 is 5.99. The highest BCUT2D eigenvalue weighted by molar-refractivity contribution is 6.30. The van der Waals surface area contributed by atoms with Gasteiger partial charge in [-0.3, -0.25) is 9.48 Å². The molecule has 1 unspecified atom stereocenters. The Balaban J connectivity index is 1.46. The van der Waals surface area contributed by atoms with Crippen molar-refractivity contribution in [1.82, 2.24) is 19.7 Å². The number of carbonyl (C=O) groups is 1. The normalized spacial score (nSPS) is 22.4. The molecule has 1 saturated carbocycles. The molecule has 0 spiro atoms. The third-order valence-corrected chi connectivity index (χ3v) is 5.53. The molecule has 2 aliphatic rings. The standard InChI is InChI=1S/C18H21ClN4O/c19-16-5-3-15(4-6-16)18(7-8-18)17(24)22-9-1-2-14(10-22)11-23-13-20-12-21-23/h3-6,12-14H,1-2,7-11H2. The van der Waals surface area contributed by atoms with E-state index in [0.717, 1.165) is 50.9 Å². The molecule has 1 aliphatic heterocycles. The second-order valence-corrected chi connectivity index (χ2v) is 7.40. The first kappa shape index (κ1) is 15.6. The van der Waals surface area contributed by atoms with Gasteiger partial charge in [0, 0.05) is 24.7 Å². The van der Waals surface area contributed by atoms with E-state index in [9.17, 15) is 4.79 Å². The van der Waals surface area contributed by atoms with Gasteiger partial charge in [-0.1, -0.05) is 23.7 Å². The fourth-order valence-corrected chi connectivity index (χ4v) is 3.94. The lowest BCUT2D eigenvalue weighted by Crippen LogP contribution is -2.45. The summed E-state index contributed by atoms with van der Waals surface area (Å²) in [6, 6.07) is 7.77. The highest BCUT2D eigenvalue weighted by Gasteiger charge is 2.53. The van der Waals surface area contributed by atoms with Crippen LogP contribution in [-0.4, -0.2) is 38.7 Å². The van der Waals surface area contributed by atoms with Crippen LogP contribution < -0.4 is 0 Å². The molecule has 2 fully saturated rings. The summed E-state index contributed by atoms with van der Waals surface area (Å²) in [5, 5.41) is 4.90. The second-order valence-electron chi connectivity index (χ2n) is 6.97. The van der Waals surface area contributed by atoms with E-state index in [2.05, 4.69) is 15.0 Å². The van der Waals surface area contributed by atoms with E-state index in [4.69, 9.17) is 11.6 Å². The zero-order valence-electron chi connectivity index (χ0n) is 13.6. The number of rotatable bonds is 4. The first-order valence-corrected chi connectivity index (χ1v) is 8.93. The molecule has 2 aromatic rings. The van der Waals surface area contributed by atoms with Gasteiger partial charge in [0.2, 0.25) is 5.91 Å². The van der Waals surface area contributed by atoms with Crippen molar-refractivity contribution in [3.05, 3.63) is 47.5 Å². The molecule has 1 aromatic carbocycles. The van der Waals surface area contributed by atoms with Gasteiger partial charge >= 0.3 is 0 Å². The summed E-state index contributed by atoms with van der Waals surface area (Å²) in [7, 11) is 0. The van der Waals surface area contributed by atoms with Crippen LogP contribution in [0.25, 0.3) is 0 Å². The van der Waals surface area contributed by atoms with Gasteiger partial charge in [0.15, 0.2) is 0 Å². The molecule has 0 N–H and O–H groups in total. The van der Waals surface area contributed by atoms with E-state index in [1.807, 2.05) is 28.9 Å². The number of hydrogen-bond donors (Lipinski definition) is 0. The first-order chi connectivity index (χ1) is 11.7. The Morgan fingerprint density at radius 1 is 1.29 bits per heavy atom. The summed E-state index contributed by atoms with van der Waals surface area (Å²) in [5.41, 5.74) is 0.801. The molecule has 24 heavy (non-hydrogen) atoms. The minimum absolute atomic E-state index is 0.285. The van der Waals surface area contributed by atoms with Crippen LogP contribution >= 0.6 is 11.6 Å². The maximum absolute atomic E-state index is 13.2. The number of nitrogens with zero attached hydrogens (tertiary/aromatic N) is 4. The van der Waals surface area contributed by atoms with Crippen LogP contribution in [0.15, 0.2) is 36.9 Å². The minimum Gasteiger partial charge on any atom is -0.342 e. The van der Waals surface area contributed by atoms with Crippen molar-refractivity contribution in [3.8, 4) is 0 Å². The maximum atomic E-state index is 13.2. The lowest BCUT2D eigenvalue weighted by atomic mass is 9.91. The third kappa shape index (κ3) is 2.93. The smallest absolute Gasteiger partial charge is 0.233 e. The number of piperidine rings is 1. The van der Waals surface area contributed by atoms with Gasteiger partial charge in [-0.2, -0.15) is 5.10 Å². The van der Waals surface area contributed by atoms with E-state index in [1.54, 1.807) is 12.7 Å². The molecular formula is C18H21ClN4O. The SMILES string of the molecule is O=C(N1CCCC(Cn2cncn2)C1)C1(c2ccc(Cl)cc2)CC1. The van der Waals surface area contributed by atoms with Gasteiger partial charge < -0.3 is 4.90 Å². The number of amides is 1. The number of hydrogen-bond acceptors (Lipinski definition) is 3. The summed E-state index contributed by atoms with van der Waals surface area (Å²) in [5.74, 6) is 0.735. The predicted molar refractivity (Wildman–Crippen MR) is 91.7 cm³/mol. The lowest BCUT2D eigenvalue weighted by molar-refractivity contribution is -0.136. The van der Waals surface area contributed by atoms with Crippen LogP contribution in [-0.2, 0) is 16.8 Å². The lowest BCUT2D eigenvalue weighted by Gasteiger charge is -2.35. The fourth-order valence-electron chi connectivity index (χ4n) is 3.81. The summed E-state index contributed by atoms with van der Waals surface area (Å²) < 4.78 is 1.87. The molecule has 1 aliphatic carbocycles. The monoisotopic (exact) mass is 344 g/mol. The maximum Gasteiger partial charge on any atom is 0.233 e. The number of aromatic nitrogens is 3. The zero-order chi connectivity index (χ0) is 16.6. The highest BCUT2D eigenvalue weighted by atomic mass is 35.5. The van der Waals surface area contributed by atoms with Crippen LogP contribution in [0.3, 0.4) is 0 Å². The number of halogens is 1. The number of benzene rings is 1. The van der Waals surface area contributed by atoms with Crippen LogP contribution in [0.5, 0.6) is 0 Å². The molecular weight excluding hydrogens is 324 g/mol. The van der Waals surface area contributed by atoms with Crippen molar-refractivity contribution in [3.63, 3.8) is 0 Å². The molecule has 126 valence electrons. The Labute approximate surface area is 146 Å². The van der Waals surface area contributed by atoms with Crippen molar-refractivity contribution in [2.45, 2.75) is 37.6 Å². The van der Waals surface area contributed by atoms with Gasteiger partial charge in [0.25, 0.3) is 0 Å². The van der Waals surface area contributed by atoms with Gasteiger partial charge in [-0.25, -0.2) is 4.98 Å². The van der Waals surface area contributed by atoms with E-state index in [0.29, 0.717) is 10.9 Å². The molecule has 0 bridgehead atoms. The number of carbonyl (C=O) groups excluding carboxylic acids is 1. The fraction of sp³-hybridized carbons (Fsp3) is 0.500. The van der Waals surface area contributed by atoms with Crippen molar-refractivity contribution in [1.29, 1.82) is 0 Å². The Hall–Kier alpha value is -1.88. The average molecular weight is 345 g/mol. The Bertz CT molecular complexity index is 709. The predicted octanol–water partition coefficient (Wildman–Crippen LogP) is 2.90. The molecule has 2 heterocycles. The zero-order valence-corrected chi connectivity index (χ0v) is 14.3. The van der Waals surface area contributed by atoms with Crippen LogP contribution in [0.4, 0.5) is 0 Å². The van der Waals surface area contributed by atoms with Crippen LogP contribution in [0.1, 0.15) is 31.2 Å². The van der Waals surface area contributed by atoms with Crippen molar-refractivity contribution in [2.24, 2.45) is 5.92 Å². The Morgan fingerprint density at radius 3 is 2.75 bits per heavy atom. The molecule has 1 aromatic heterocycles. The van der Waals surface area contributed by atoms with Gasteiger partial charge in [0.1, 0.15) is 12.7 Å². The molecule has 1 atom stereocenters.